The Morgan fingerprint density at radius 1 is 1.21 bits per heavy atom. The number of nitrogens with zero attached hydrogens (tertiary/aromatic N) is 1. The first kappa shape index (κ1) is 21.9. The van der Waals surface area contributed by atoms with Gasteiger partial charge in [0, 0.05) is 29.0 Å². The zero-order valence-corrected chi connectivity index (χ0v) is 17.2. The second kappa shape index (κ2) is 9.70. The van der Waals surface area contributed by atoms with E-state index in [0.29, 0.717) is 35.5 Å². The highest BCUT2D eigenvalue weighted by Crippen LogP contribution is 2.42. The summed E-state index contributed by atoms with van der Waals surface area (Å²) in [6, 6.07) is 12.5. The van der Waals surface area contributed by atoms with Crippen molar-refractivity contribution in [2.75, 3.05) is 6.61 Å². The van der Waals surface area contributed by atoms with E-state index in [-0.39, 0.29) is 11.5 Å². The molecule has 0 amide bonds. The SMILES string of the molecule is CC(=O)C(=C(C)C)[C@@H](c1ccc(C#N)cc1O)c1cc(C)ccc1OCCC=N. The third-order valence-electron chi connectivity index (χ3n) is 4.67. The second-order valence-corrected chi connectivity index (χ2v) is 7.17. The van der Waals surface area contributed by atoms with Crippen LogP contribution in [0.25, 0.3) is 0 Å². The predicted molar refractivity (Wildman–Crippen MR) is 114 cm³/mol. The number of hydrogen-bond acceptors (Lipinski definition) is 5. The van der Waals surface area contributed by atoms with Gasteiger partial charge in [0.25, 0.3) is 0 Å². The lowest BCUT2D eigenvalue weighted by atomic mass is 9.79. The molecule has 29 heavy (non-hydrogen) atoms. The number of hydrogen-bond donors (Lipinski definition) is 2. The molecule has 0 unspecified atom stereocenters. The summed E-state index contributed by atoms with van der Waals surface area (Å²) in [4.78, 5) is 12.6. The maximum atomic E-state index is 12.6. The minimum absolute atomic E-state index is 0.0407. The van der Waals surface area contributed by atoms with Crippen LogP contribution in [-0.2, 0) is 4.79 Å². The summed E-state index contributed by atoms with van der Waals surface area (Å²) in [7, 11) is 0. The van der Waals surface area contributed by atoms with Gasteiger partial charge in [-0.2, -0.15) is 5.26 Å². The minimum Gasteiger partial charge on any atom is -0.508 e. The van der Waals surface area contributed by atoms with Crippen molar-refractivity contribution >= 4 is 12.0 Å². The Balaban J connectivity index is 2.77. The molecule has 0 saturated heterocycles. The number of carbonyl (C=O) groups is 1. The largest absolute Gasteiger partial charge is 0.508 e. The van der Waals surface area contributed by atoms with E-state index in [1.165, 1.54) is 19.2 Å². The van der Waals surface area contributed by atoms with Gasteiger partial charge in [0.05, 0.1) is 18.2 Å². The van der Waals surface area contributed by atoms with Gasteiger partial charge in [-0.05, 0) is 52.1 Å². The fourth-order valence-corrected chi connectivity index (χ4v) is 3.43. The first-order chi connectivity index (χ1) is 13.8. The van der Waals surface area contributed by atoms with E-state index in [0.717, 1.165) is 16.7 Å². The van der Waals surface area contributed by atoms with Crippen molar-refractivity contribution in [3.63, 3.8) is 0 Å². The molecule has 150 valence electrons. The van der Waals surface area contributed by atoms with Gasteiger partial charge < -0.3 is 15.3 Å². The van der Waals surface area contributed by atoms with Crippen molar-refractivity contribution in [3.05, 3.63) is 69.8 Å². The monoisotopic (exact) mass is 390 g/mol. The fourth-order valence-electron chi connectivity index (χ4n) is 3.43. The van der Waals surface area contributed by atoms with E-state index in [9.17, 15) is 9.90 Å². The summed E-state index contributed by atoms with van der Waals surface area (Å²) < 4.78 is 5.91. The van der Waals surface area contributed by atoms with Crippen LogP contribution in [0.4, 0.5) is 0 Å². The number of aromatic hydroxyl groups is 1. The van der Waals surface area contributed by atoms with Crippen LogP contribution in [0.5, 0.6) is 11.5 Å². The van der Waals surface area contributed by atoms with E-state index in [1.54, 1.807) is 12.1 Å². The lowest BCUT2D eigenvalue weighted by Crippen LogP contribution is -2.15. The molecule has 0 aliphatic rings. The maximum absolute atomic E-state index is 12.6. The van der Waals surface area contributed by atoms with E-state index < -0.39 is 5.92 Å². The number of aryl methyl sites for hydroxylation is 1. The van der Waals surface area contributed by atoms with Crippen molar-refractivity contribution in [1.29, 1.82) is 10.7 Å². The number of nitrogens with one attached hydrogen (secondary N) is 1. The zero-order chi connectivity index (χ0) is 21.6. The zero-order valence-electron chi connectivity index (χ0n) is 17.2. The number of ether oxygens (including phenoxy) is 1. The van der Waals surface area contributed by atoms with Crippen molar-refractivity contribution in [3.8, 4) is 17.6 Å². The molecule has 0 spiro atoms. The van der Waals surface area contributed by atoms with Crippen molar-refractivity contribution in [1.82, 2.24) is 0 Å². The third kappa shape index (κ3) is 5.11. The number of allylic oxidation sites excluding steroid dienone is 2. The van der Waals surface area contributed by atoms with E-state index in [4.69, 9.17) is 15.4 Å². The van der Waals surface area contributed by atoms with Crippen LogP contribution in [0.3, 0.4) is 0 Å². The van der Waals surface area contributed by atoms with Crippen molar-refractivity contribution in [2.24, 2.45) is 0 Å². The van der Waals surface area contributed by atoms with E-state index in [2.05, 4.69) is 0 Å². The first-order valence-corrected chi connectivity index (χ1v) is 9.43. The van der Waals surface area contributed by atoms with Crippen molar-refractivity contribution in [2.45, 2.75) is 40.0 Å². The van der Waals surface area contributed by atoms with Gasteiger partial charge in [0.2, 0.25) is 0 Å². The highest BCUT2D eigenvalue weighted by Gasteiger charge is 2.28. The van der Waals surface area contributed by atoms with Gasteiger partial charge in [-0.1, -0.05) is 29.3 Å². The number of rotatable bonds is 8. The number of phenols is 1. The number of ketones is 1. The van der Waals surface area contributed by atoms with Crippen molar-refractivity contribution < 1.29 is 14.6 Å². The van der Waals surface area contributed by atoms with Gasteiger partial charge in [-0.15, -0.1) is 0 Å². The van der Waals surface area contributed by atoms with Crippen LogP contribution < -0.4 is 4.74 Å². The summed E-state index contributed by atoms with van der Waals surface area (Å²) >= 11 is 0. The van der Waals surface area contributed by atoms with Gasteiger partial charge in [-0.3, -0.25) is 4.79 Å². The molecule has 0 radical (unpaired) electrons. The maximum Gasteiger partial charge on any atom is 0.156 e. The average Bonchev–Trinajstić information content (AvgIpc) is 2.67. The Hall–Kier alpha value is -3.39. The Morgan fingerprint density at radius 2 is 1.93 bits per heavy atom. The molecule has 5 heteroatoms. The molecule has 2 N–H and O–H groups in total. The molecule has 0 aromatic heterocycles. The Kier molecular flexibility index (Phi) is 7.33. The lowest BCUT2D eigenvalue weighted by Gasteiger charge is -2.25. The van der Waals surface area contributed by atoms with Crippen LogP contribution in [0, 0.1) is 23.7 Å². The molecular formula is C24H26N2O3. The van der Waals surface area contributed by atoms with Crippen LogP contribution in [-0.4, -0.2) is 23.7 Å². The Morgan fingerprint density at radius 3 is 2.48 bits per heavy atom. The molecule has 0 bridgehead atoms. The Bertz CT molecular complexity index is 996. The van der Waals surface area contributed by atoms with Crippen LogP contribution in [0.2, 0.25) is 0 Å². The quantitative estimate of drug-likeness (QED) is 0.375. The summed E-state index contributed by atoms with van der Waals surface area (Å²) in [5.74, 6) is -0.0713. The smallest absolute Gasteiger partial charge is 0.156 e. The summed E-state index contributed by atoms with van der Waals surface area (Å²) in [5, 5.41) is 27.0. The topological polar surface area (TPSA) is 94.2 Å². The average molecular weight is 390 g/mol. The molecule has 5 nitrogen and oxygen atoms in total. The normalized spacial score (nSPS) is 11.3. The second-order valence-electron chi connectivity index (χ2n) is 7.17. The number of benzene rings is 2. The summed E-state index contributed by atoms with van der Waals surface area (Å²) in [5.41, 5.74) is 4.07. The highest BCUT2D eigenvalue weighted by atomic mass is 16.5. The standard InChI is InChI=1S/C24H26N2O3/c1-15(2)23(17(4)27)24(19-8-7-18(14-26)13-21(19)28)20-12-16(3)6-9-22(20)29-11-5-10-25/h6-10,12-13,24-25,28H,5,11H2,1-4H3/t24-/m0/s1. The molecule has 2 rings (SSSR count). The van der Waals surface area contributed by atoms with Crippen LogP contribution >= 0.6 is 0 Å². The third-order valence-corrected chi connectivity index (χ3v) is 4.67. The molecule has 2 aromatic carbocycles. The van der Waals surface area contributed by atoms with Crippen LogP contribution in [0.15, 0.2) is 47.5 Å². The van der Waals surface area contributed by atoms with Crippen LogP contribution in [0.1, 0.15) is 55.4 Å². The molecule has 0 saturated carbocycles. The number of carbonyl (C=O) groups excluding carboxylic acids is 1. The summed E-state index contributed by atoms with van der Waals surface area (Å²) in [6.07, 6.45) is 1.76. The van der Waals surface area contributed by atoms with Gasteiger partial charge in [-0.25, -0.2) is 0 Å². The fraction of sp³-hybridized carbons (Fsp3) is 0.292. The number of nitriles is 1. The molecule has 1 atom stereocenters. The number of Topliss-reactive ketones (excluding diaryl/α,β-unsaturated/α-hetero) is 1. The van der Waals surface area contributed by atoms with Gasteiger partial charge >= 0.3 is 0 Å². The molecule has 2 aromatic rings. The molecule has 0 aliphatic heterocycles. The first-order valence-electron chi connectivity index (χ1n) is 9.43. The molecule has 0 fully saturated rings. The highest BCUT2D eigenvalue weighted by molar-refractivity contribution is 5.96. The van der Waals surface area contributed by atoms with Gasteiger partial charge in [0.15, 0.2) is 5.78 Å². The number of phenolic OH excluding ortho intramolecular Hbond substituents is 1. The molecule has 0 heterocycles. The Labute approximate surface area is 171 Å². The van der Waals surface area contributed by atoms with E-state index >= 15 is 0 Å². The molecular weight excluding hydrogens is 364 g/mol. The lowest BCUT2D eigenvalue weighted by molar-refractivity contribution is -0.113. The van der Waals surface area contributed by atoms with Gasteiger partial charge in [0.1, 0.15) is 11.5 Å². The molecule has 0 aliphatic carbocycles. The predicted octanol–water partition coefficient (Wildman–Crippen LogP) is 5.05. The van der Waals surface area contributed by atoms with E-state index in [1.807, 2.05) is 45.0 Å². The summed E-state index contributed by atoms with van der Waals surface area (Å²) in [6.45, 7) is 7.55. The minimum atomic E-state index is -0.542.